The molecule has 0 aliphatic heterocycles. The number of aryl methyl sites for hydroxylation is 2. The van der Waals surface area contributed by atoms with Crippen molar-refractivity contribution >= 4 is 17.3 Å². The summed E-state index contributed by atoms with van der Waals surface area (Å²) in [6.45, 7) is 7.21. The van der Waals surface area contributed by atoms with Crippen LogP contribution in [0.3, 0.4) is 0 Å². The monoisotopic (exact) mass is 364 g/mol. The minimum Gasteiger partial charge on any atom is -0.486 e. The number of hydrogen-bond donors (Lipinski definition) is 2. The van der Waals surface area contributed by atoms with Gasteiger partial charge in [0, 0.05) is 11.9 Å². The van der Waals surface area contributed by atoms with Crippen LogP contribution in [0.5, 0.6) is 5.75 Å². The van der Waals surface area contributed by atoms with Crippen molar-refractivity contribution < 1.29 is 9.13 Å². The van der Waals surface area contributed by atoms with Crippen LogP contribution in [0.2, 0.25) is 0 Å². The fourth-order valence-electron chi connectivity index (χ4n) is 2.32. The molecular weight excluding hydrogens is 339 g/mol. The molecule has 1 unspecified atom stereocenters. The summed E-state index contributed by atoms with van der Waals surface area (Å²) in [7, 11) is 1.72. The quantitative estimate of drug-likeness (QED) is 0.584. The first kappa shape index (κ1) is 19.2. The molecule has 0 bridgehead atoms. The van der Waals surface area contributed by atoms with Crippen LogP contribution in [0.25, 0.3) is 0 Å². The summed E-state index contributed by atoms with van der Waals surface area (Å²) >= 11 is 1.68. The lowest BCUT2D eigenvalue weighted by Crippen LogP contribution is -2.42. The minimum atomic E-state index is -0.348. The predicted molar refractivity (Wildman–Crippen MR) is 101 cm³/mol. The summed E-state index contributed by atoms with van der Waals surface area (Å²) in [6.07, 6.45) is 0.605. The van der Waals surface area contributed by atoms with Gasteiger partial charge in [0.1, 0.15) is 6.10 Å². The molecule has 0 saturated heterocycles. The zero-order chi connectivity index (χ0) is 18.2. The van der Waals surface area contributed by atoms with Crippen LogP contribution in [-0.2, 0) is 6.54 Å². The number of aromatic nitrogens is 1. The molecule has 2 rings (SSSR count). The van der Waals surface area contributed by atoms with Gasteiger partial charge in [-0.3, -0.25) is 4.99 Å². The molecule has 1 aromatic heterocycles. The summed E-state index contributed by atoms with van der Waals surface area (Å²) in [5, 5.41) is 7.56. The van der Waals surface area contributed by atoms with Gasteiger partial charge >= 0.3 is 0 Å². The first-order valence-electron chi connectivity index (χ1n) is 8.32. The van der Waals surface area contributed by atoms with E-state index in [1.807, 2.05) is 20.8 Å². The van der Waals surface area contributed by atoms with E-state index in [0.29, 0.717) is 19.0 Å². The summed E-state index contributed by atoms with van der Waals surface area (Å²) < 4.78 is 19.5. The lowest BCUT2D eigenvalue weighted by atomic mass is 10.2. The summed E-state index contributed by atoms with van der Waals surface area (Å²) in [5.74, 6) is 0.607. The van der Waals surface area contributed by atoms with Gasteiger partial charge in [-0.05, 0) is 32.4 Å². The first-order chi connectivity index (χ1) is 12.0. The zero-order valence-corrected chi connectivity index (χ0v) is 15.9. The van der Waals surface area contributed by atoms with Crippen molar-refractivity contribution in [1.29, 1.82) is 0 Å². The number of guanidine groups is 1. The maximum atomic E-state index is 13.7. The lowest BCUT2D eigenvalue weighted by molar-refractivity contribution is 0.191. The Kier molecular flexibility index (Phi) is 7.18. The Balaban J connectivity index is 1.86. The van der Waals surface area contributed by atoms with Crippen LogP contribution in [0.4, 0.5) is 4.39 Å². The Hall–Kier alpha value is -2.15. The highest BCUT2D eigenvalue weighted by Gasteiger charge is 2.12. The van der Waals surface area contributed by atoms with E-state index in [0.717, 1.165) is 17.1 Å². The molecule has 0 radical (unpaired) electrons. The molecular formula is C18H25FN4OS. The van der Waals surface area contributed by atoms with Crippen LogP contribution in [0.15, 0.2) is 29.3 Å². The highest BCUT2D eigenvalue weighted by Crippen LogP contribution is 2.18. The number of halogens is 1. The Labute approximate surface area is 152 Å². The number of nitrogens with zero attached hydrogens (tertiary/aromatic N) is 2. The van der Waals surface area contributed by atoms with Crippen LogP contribution in [0, 0.1) is 19.7 Å². The summed E-state index contributed by atoms with van der Waals surface area (Å²) in [5.41, 5.74) is 1.04. The van der Waals surface area contributed by atoms with E-state index in [4.69, 9.17) is 4.74 Å². The number of aliphatic imine (C=N–C) groups is 1. The van der Waals surface area contributed by atoms with Crippen molar-refractivity contribution in [3.05, 3.63) is 45.7 Å². The average molecular weight is 364 g/mol. The lowest BCUT2D eigenvalue weighted by Gasteiger charge is -2.20. The topological polar surface area (TPSA) is 58.5 Å². The highest BCUT2D eigenvalue weighted by atomic mass is 32.1. The van der Waals surface area contributed by atoms with Gasteiger partial charge in [0.2, 0.25) is 0 Å². The van der Waals surface area contributed by atoms with E-state index in [2.05, 4.69) is 20.6 Å². The fourth-order valence-corrected chi connectivity index (χ4v) is 3.20. The van der Waals surface area contributed by atoms with E-state index >= 15 is 0 Å². The molecule has 1 aromatic carbocycles. The fraction of sp³-hybridized carbons (Fsp3) is 0.444. The molecule has 5 nitrogen and oxygen atoms in total. The third-order valence-corrected chi connectivity index (χ3v) is 4.80. The summed E-state index contributed by atoms with van der Waals surface area (Å²) in [4.78, 5) is 9.83. The normalized spacial score (nSPS) is 12.8. The third-order valence-electron chi connectivity index (χ3n) is 3.72. The van der Waals surface area contributed by atoms with Gasteiger partial charge in [-0.25, -0.2) is 9.37 Å². The average Bonchev–Trinajstić information content (AvgIpc) is 2.93. The third kappa shape index (κ3) is 5.70. The molecule has 1 heterocycles. The molecule has 7 heteroatoms. The number of rotatable bonds is 7. The maximum Gasteiger partial charge on any atom is 0.191 e. The summed E-state index contributed by atoms with van der Waals surface area (Å²) in [6, 6.07) is 6.45. The molecule has 0 amide bonds. The van der Waals surface area contributed by atoms with E-state index in [-0.39, 0.29) is 17.7 Å². The second kappa shape index (κ2) is 9.36. The number of benzene rings is 1. The Morgan fingerprint density at radius 1 is 1.32 bits per heavy atom. The van der Waals surface area contributed by atoms with E-state index in [1.165, 1.54) is 10.9 Å². The minimum absolute atomic E-state index is 0.150. The number of para-hydroxylation sites is 1. The van der Waals surface area contributed by atoms with Gasteiger partial charge < -0.3 is 15.4 Å². The van der Waals surface area contributed by atoms with Crippen LogP contribution in [-0.4, -0.2) is 30.6 Å². The van der Waals surface area contributed by atoms with Gasteiger partial charge in [-0.2, -0.15) is 0 Å². The zero-order valence-electron chi connectivity index (χ0n) is 15.1. The maximum absolute atomic E-state index is 13.7. The van der Waals surface area contributed by atoms with Crippen molar-refractivity contribution in [3.8, 4) is 5.75 Å². The molecule has 1 atom stereocenters. The van der Waals surface area contributed by atoms with E-state index in [1.54, 1.807) is 36.6 Å². The van der Waals surface area contributed by atoms with Crippen molar-refractivity contribution in [3.63, 3.8) is 0 Å². The SMILES string of the molecule is CCC(CNC(=NC)NCc1sc(C)nc1C)Oc1ccccc1F. The van der Waals surface area contributed by atoms with Crippen LogP contribution < -0.4 is 15.4 Å². The molecule has 0 spiro atoms. The van der Waals surface area contributed by atoms with Crippen molar-refractivity contribution in [2.24, 2.45) is 4.99 Å². The standard InChI is InChI=1S/C18H25FN4OS/c1-5-14(24-16-9-7-6-8-15(16)19)10-21-18(20-4)22-11-17-12(2)23-13(3)25-17/h6-9,14H,5,10-11H2,1-4H3,(H2,20,21,22). The Morgan fingerprint density at radius 3 is 2.68 bits per heavy atom. The second-order valence-electron chi connectivity index (χ2n) is 5.63. The highest BCUT2D eigenvalue weighted by molar-refractivity contribution is 7.11. The van der Waals surface area contributed by atoms with Gasteiger partial charge in [0.05, 0.1) is 23.8 Å². The predicted octanol–water partition coefficient (Wildman–Crippen LogP) is 3.42. The molecule has 2 N–H and O–H groups in total. The van der Waals surface area contributed by atoms with Crippen LogP contribution >= 0.6 is 11.3 Å². The molecule has 0 aliphatic rings. The number of ether oxygens (including phenoxy) is 1. The van der Waals surface area contributed by atoms with Crippen LogP contribution in [0.1, 0.15) is 28.9 Å². The molecule has 0 saturated carbocycles. The van der Waals surface area contributed by atoms with E-state index in [9.17, 15) is 4.39 Å². The Morgan fingerprint density at radius 2 is 2.08 bits per heavy atom. The van der Waals surface area contributed by atoms with Gasteiger partial charge in [0.15, 0.2) is 17.5 Å². The van der Waals surface area contributed by atoms with Gasteiger partial charge in [-0.1, -0.05) is 19.1 Å². The number of hydrogen-bond acceptors (Lipinski definition) is 4. The molecule has 25 heavy (non-hydrogen) atoms. The largest absolute Gasteiger partial charge is 0.486 e. The first-order valence-corrected chi connectivity index (χ1v) is 9.13. The van der Waals surface area contributed by atoms with Gasteiger partial charge in [-0.15, -0.1) is 11.3 Å². The molecule has 136 valence electrons. The van der Waals surface area contributed by atoms with Gasteiger partial charge in [0.25, 0.3) is 0 Å². The van der Waals surface area contributed by atoms with Crippen molar-refractivity contribution in [2.75, 3.05) is 13.6 Å². The molecule has 2 aromatic rings. The molecule has 0 aliphatic carbocycles. The van der Waals surface area contributed by atoms with Crippen molar-refractivity contribution in [1.82, 2.24) is 15.6 Å². The second-order valence-corrected chi connectivity index (χ2v) is 6.91. The number of nitrogens with one attached hydrogen (secondary N) is 2. The number of thiazole rings is 1. The van der Waals surface area contributed by atoms with Crippen molar-refractivity contribution in [2.45, 2.75) is 39.8 Å². The Bertz CT molecular complexity index is 717. The van der Waals surface area contributed by atoms with E-state index < -0.39 is 0 Å². The molecule has 0 fully saturated rings. The smallest absolute Gasteiger partial charge is 0.191 e.